The molecule has 4 N–H and O–H groups in total. The Hall–Kier alpha value is -2.58. The molecule has 2 aliphatic heterocycles. The first-order valence-corrected chi connectivity index (χ1v) is 11.1. The Bertz CT molecular complexity index is 880. The number of hydrogen-bond donors (Lipinski definition) is 3. The molecule has 8 heteroatoms. The van der Waals surface area contributed by atoms with Crippen LogP contribution in [0.15, 0.2) is 18.2 Å². The normalized spacial score (nSPS) is 19.4. The number of aromatic nitrogens is 2. The fourth-order valence-electron chi connectivity index (χ4n) is 4.27. The van der Waals surface area contributed by atoms with Gasteiger partial charge >= 0.3 is 0 Å². The first-order chi connectivity index (χ1) is 15.1. The van der Waals surface area contributed by atoms with Crippen LogP contribution in [-0.2, 0) is 4.74 Å². The lowest BCUT2D eigenvalue weighted by Crippen LogP contribution is -2.23. The van der Waals surface area contributed by atoms with Gasteiger partial charge in [-0.15, -0.1) is 0 Å². The fourth-order valence-corrected chi connectivity index (χ4v) is 4.27. The molecule has 4 rings (SSSR count). The van der Waals surface area contributed by atoms with E-state index in [-0.39, 0.29) is 5.95 Å². The minimum absolute atomic E-state index is 0.273. The van der Waals surface area contributed by atoms with Gasteiger partial charge in [0, 0.05) is 37.8 Å². The molecule has 1 aromatic carbocycles. The van der Waals surface area contributed by atoms with E-state index in [0.29, 0.717) is 18.4 Å². The van der Waals surface area contributed by atoms with Crippen LogP contribution < -0.4 is 25.8 Å². The van der Waals surface area contributed by atoms with E-state index in [1.54, 1.807) is 7.11 Å². The first-order valence-electron chi connectivity index (χ1n) is 11.1. The number of benzene rings is 1. The van der Waals surface area contributed by atoms with Crippen molar-refractivity contribution in [2.24, 2.45) is 11.8 Å². The van der Waals surface area contributed by atoms with Crippen LogP contribution in [0.5, 0.6) is 11.5 Å². The Morgan fingerprint density at radius 1 is 1.16 bits per heavy atom. The maximum Gasteiger partial charge on any atom is 0.222 e. The molecule has 1 unspecified atom stereocenters. The molecule has 0 amide bonds. The SMILES string of the molecule is COc1ccc(-c2c(C)nc(N)nc2NCC2CCOCC2)cc1OCC1CCNC1. The second-order valence-corrected chi connectivity index (χ2v) is 8.36. The summed E-state index contributed by atoms with van der Waals surface area (Å²) in [5, 5.41) is 6.90. The largest absolute Gasteiger partial charge is 0.493 e. The van der Waals surface area contributed by atoms with Crippen LogP contribution in [0.4, 0.5) is 11.8 Å². The van der Waals surface area contributed by atoms with Gasteiger partial charge in [-0.1, -0.05) is 6.07 Å². The van der Waals surface area contributed by atoms with E-state index in [4.69, 9.17) is 19.9 Å². The highest BCUT2D eigenvalue weighted by molar-refractivity contribution is 5.79. The Labute approximate surface area is 183 Å². The summed E-state index contributed by atoms with van der Waals surface area (Å²) in [6, 6.07) is 5.97. The molecule has 1 atom stereocenters. The summed E-state index contributed by atoms with van der Waals surface area (Å²) in [6.07, 6.45) is 3.24. The number of ether oxygens (including phenoxy) is 3. The highest BCUT2D eigenvalue weighted by Gasteiger charge is 2.20. The molecule has 3 heterocycles. The van der Waals surface area contributed by atoms with Crippen molar-refractivity contribution in [2.75, 3.05) is 57.6 Å². The molecule has 0 aliphatic carbocycles. The van der Waals surface area contributed by atoms with Crippen LogP contribution in [0.3, 0.4) is 0 Å². The van der Waals surface area contributed by atoms with Crippen LogP contribution in [0.1, 0.15) is 25.0 Å². The fraction of sp³-hybridized carbons (Fsp3) is 0.565. The minimum atomic E-state index is 0.273. The van der Waals surface area contributed by atoms with Gasteiger partial charge in [-0.2, -0.15) is 4.98 Å². The number of nitrogens with zero attached hydrogens (tertiary/aromatic N) is 2. The standard InChI is InChI=1S/C23H33N5O3/c1-15-21(22(28-23(24)27-15)26-13-16-6-9-30-10-7-16)18-3-4-19(29-2)20(11-18)31-14-17-5-8-25-12-17/h3-4,11,16-17,25H,5-10,12-14H2,1-2H3,(H3,24,26,27,28). The second-order valence-electron chi connectivity index (χ2n) is 8.36. The van der Waals surface area contributed by atoms with Crippen molar-refractivity contribution in [2.45, 2.75) is 26.2 Å². The lowest BCUT2D eigenvalue weighted by Gasteiger charge is -2.23. The number of hydrogen-bond acceptors (Lipinski definition) is 8. The summed E-state index contributed by atoms with van der Waals surface area (Å²) in [5.41, 5.74) is 8.73. The number of anilines is 2. The first kappa shape index (κ1) is 21.6. The Morgan fingerprint density at radius 2 is 2.00 bits per heavy atom. The lowest BCUT2D eigenvalue weighted by atomic mass is 9.99. The molecule has 2 fully saturated rings. The zero-order valence-electron chi connectivity index (χ0n) is 18.4. The predicted octanol–water partition coefficient (Wildman–Crippen LogP) is 2.87. The van der Waals surface area contributed by atoms with E-state index in [2.05, 4.69) is 20.6 Å². The van der Waals surface area contributed by atoms with Crippen molar-refractivity contribution in [3.8, 4) is 22.6 Å². The number of nitrogens with two attached hydrogens (primary N) is 1. The van der Waals surface area contributed by atoms with Crippen LogP contribution in [-0.4, -0.2) is 56.5 Å². The average Bonchev–Trinajstić information content (AvgIpc) is 3.30. The number of aryl methyl sites for hydroxylation is 1. The van der Waals surface area contributed by atoms with Gasteiger partial charge in [0.05, 0.1) is 19.4 Å². The van der Waals surface area contributed by atoms with Crippen LogP contribution in [0.2, 0.25) is 0 Å². The van der Waals surface area contributed by atoms with E-state index in [1.807, 2.05) is 25.1 Å². The zero-order chi connectivity index (χ0) is 21.6. The molecule has 0 spiro atoms. The van der Waals surface area contributed by atoms with Gasteiger partial charge in [0.25, 0.3) is 0 Å². The number of methoxy groups -OCH3 is 1. The van der Waals surface area contributed by atoms with E-state index in [0.717, 1.165) is 86.2 Å². The molecule has 0 saturated carbocycles. The van der Waals surface area contributed by atoms with Gasteiger partial charge in [-0.25, -0.2) is 4.98 Å². The maximum atomic E-state index is 6.17. The average molecular weight is 428 g/mol. The Kier molecular flexibility index (Phi) is 7.09. The van der Waals surface area contributed by atoms with E-state index in [1.165, 1.54) is 0 Å². The van der Waals surface area contributed by atoms with Gasteiger partial charge in [-0.05, 0) is 56.3 Å². The van der Waals surface area contributed by atoms with Crippen molar-refractivity contribution in [1.82, 2.24) is 15.3 Å². The van der Waals surface area contributed by atoms with Gasteiger partial charge in [0.1, 0.15) is 5.82 Å². The summed E-state index contributed by atoms with van der Waals surface area (Å²) in [4.78, 5) is 8.93. The van der Waals surface area contributed by atoms with E-state index in [9.17, 15) is 0 Å². The van der Waals surface area contributed by atoms with Gasteiger partial charge < -0.3 is 30.6 Å². The highest BCUT2D eigenvalue weighted by Crippen LogP contribution is 2.37. The van der Waals surface area contributed by atoms with E-state index < -0.39 is 0 Å². The molecule has 0 radical (unpaired) electrons. The number of nitrogen functional groups attached to an aromatic ring is 1. The summed E-state index contributed by atoms with van der Waals surface area (Å²) < 4.78 is 17.2. The van der Waals surface area contributed by atoms with Crippen molar-refractivity contribution >= 4 is 11.8 Å². The van der Waals surface area contributed by atoms with Gasteiger partial charge in [0.15, 0.2) is 11.5 Å². The second kappa shape index (κ2) is 10.2. The molecule has 2 saturated heterocycles. The molecule has 2 aromatic rings. The van der Waals surface area contributed by atoms with Crippen LogP contribution in [0.25, 0.3) is 11.1 Å². The molecule has 2 aliphatic rings. The van der Waals surface area contributed by atoms with Gasteiger partial charge in [0.2, 0.25) is 5.95 Å². The third kappa shape index (κ3) is 5.37. The molecule has 1 aromatic heterocycles. The molecular weight excluding hydrogens is 394 g/mol. The molecular formula is C23H33N5O3. The van der Waals surface area contributed by atoms with Crippen molar-refractivity contribution in [3.05, 3.63) is 23.9 Å². The van der Waals surface area contributed by atoms with Crippen LogP contribution >= 0.6 is 0 Å². The molecule has 0 bridgehead atoms. The monoisotopic (exact) mass is 427 g/mol. The van der Waals surface area contributed by atoms with Gasteiger partial charge in [-0.3, -0.25) is 0 Å². The Morgan fingerprint density at radius 3 is 2.74 bits per heavy atom. The summed E-state index contributed by atoms with van der Waals surface area (Å²) in [5.74, 6) is 3.57. The quantitative estimate of drug-likeness (QED) is 0.591. The molecule has 31 heavy (non-hydrogen) atoms. The van der Waals surface area contributed by atoms with E-state index >= 15 is 0 Å². The number of nitrogens with one attached hydrogen (secondary N) is 2. The van der Waals surface area contributed by atoms with Crippen molar-refractivity contribution < 1.29 is 14.2 Å². The third-order valence-electron chi connectivity index (χ3n) is 6.10. The molecule has 168 valence electrons. The molecule has 8 nitrogen and oxygen atoms in total. The van der Waals surface area contributed by atoms with Crippen molar-refractivity contribution in [1.29, 1.82) is 0 Å². The maximum absolute atomic E-state index is 6.17. The third-order valence-corrected chi connectivity index (χ3v) is 6.10. The van der Waals surface area contributed by atoms with Crippen LogP contribution in [0, 0.1) is 18.8 Å². The minimum Gasteiger partial charge on any atom is -0.493 e. The summed E-state index contributed by atoms with van der Waals surface area (Å²) >= 11 is 0. The van der Waals surface area contributed by atoms with Crippen molar-refractivity contribution in [3.63, 3.8) is 0 Å². The highest BCUT2D eigenvalue weighted by atomic mass is 16.5. The smallest absolute Gasteiger partial charge is 0.222 e. The predicted molar refractivity (Wildman–Crippen MR) is 122 cm³/mol. The summed E-state index contributed by atoms with van der Waals surface area (Å²) in [6.45, 7) is 7.14. The number of rotatable bonds is 8. The topological polar surface area (TPSA) is 104 Å². The summed E-state index contributed by atoms with van der Waals surface area (Å²) in [7, 11) is 1.66. The zero-order valence-corrected chi connectivity index (χ0v) is 18.4. The Balaban J connectivity index is 1.58. The lowest BCUT2D eigenvalue weighted by molar-refractivity contribution is 0.0699.